The van der Waals surface area contributed by atoms with E-state index in [4.69, 9.17) is 0 Å². The molecule has 0 unspecified atom stereocenters. The number of alkyl halides is 3. The highest BCUT2D eigenvalue weighted by molar-refractivity contribution is 7.10. The van der Waals surface area contributed by atoms with Crippen molar-refractivity contribution in [1.29, 1.82) is 0 Å². The summed E-state index contributed by atoms with van der Waals surface area (Å²) in [6.45, 7) is 15.8. The van der Waals surface area contributed by atoms with Crippen LogP contribution in [0.15, 0.2) is 48.1 Å². The first-order chi connectivity index (χ1) is 15.2. The summed E-state index contributed by atoms with van der Waals surface area (Å²) < 4.78 is 38.1. The van der Waals surface area contributed by atoms with E-state index < -0.39 is 17.6 Å². The Hall–Kier alpha value is -2.41. The fraction of sp³-hybridized carbons (Fsp3) is 0.440. The van der Waals surface area contributed by atoms with Gasteiger partial charge in [-0.3, -0.25) is 9.78 Å². The molecule has 0 spiro atoms. The molecule has 7 heteroatoms. The fourth-order valence-corrected chi connectivity index (χ4v) is 3.79. The molecule has 0 fully saturated rings. The van der Waals surface area contributed by atoms with E-state index in [1.54, 1.807) is 5.38 Å². The highest BCUT2D eigenvalue weighted by Gasteiger charge is 2.31. The van der Waals surface area contributed by atoms with Crippen LogP contribution in [-0.2, 0) is 19.0 Å². The van der Waals surface area contributed by atoms with Gasteiger partial charge in [0.05, 0.1) is 23.0 Å². The zero-order valence-electron chi connectivity index (χ0n) is 19.9. The summed E-state index contributed by atoms with van der Waals surface area (Å²) in [6.07, 6.45) is 5.02. The smallest absolute Gasteiger partial charge is 0.321 e. The van der Waals surface area contributed by atoms with Gasteiger partial charge in [-0.2, -0.15) is 13.2 Å². The number of nitrogens with one attached hydrogen (secondary N) is 1. The van der Waals surface area contributed by atoms with Crippen molar-refractivity contribution in [3.8, 4) is 0 Å². The highest BCUT2D eigenvalue weighted by Crippen LogP contribution is 2.30. The third-order valence-corrected chi connectivity index (χ3v) is 5.58. The van der Waals surface area contributed by atoms with Crippen LogP contribution in [0, 0.1) is 0 Å². The summed E-state index contributed by atoms with van der Waals surface area (Å²) in [5, 5.41) is 4.28. The molecule has 0 saturated carbocycles. The van der Waals surface area contributed by atoms with Gasteiger partial charge in [-0.15, -0.1) is 11.3 Å². The molecule has 0 aliphatic rings. The van der Waals surface area contributed by atoms with Gasteiger partial charge < -0.3 is 5.32 Å². The Balaban J connectivity index is 0.000000911. The van der Waals surface area contributed by atoms with E-state index in [0.717, 1.165) is 48.4 Å². The topological polar surface area (TPSA) is 42.0 Å². The second-order valence-electron chi connectivity index (χ2n) is 6.49. The molecule has 0 saturated heterocycles. The van der Waals surface area contributed by atoms with E-state index in [9.17, 15) is 18.0 Å². The van der Waals surface area contributed by atoms with Gasteiger partial charge in [-0.1, -0.05) is 65.3 Å². The number of pyridine rings is 1. The number of rotatable bonds is 7. The summed E-state index contributed by atoms with van der Waals surface area (Å²) >= 11 is 1.51. The lowest BCUT2D eigenvalue weighted by Crippen LogP contribution is -2.15. The van der Waals surface area contributed by atoms with Crippen molar-refractivity contribution < 1.29 is 18.0 Å². The minimum Gasteiger partial charge on any atom is -0.321 e. The van der Waals surface area contributed by atoms with Crippen molar-refractivity contribution in [2.45, 2.75) is 73.4 Å². The predicted molar refractivity (Wildman–Crippen MR) is 130 cm³/mol. The number of nitrogens with zero attached hydrogens (tertiary/aromatic N) is 1. The second-order valence-corrected chi connectivity index (χ2v) is 7.45. The van der Waals surface area contributed by atoms with Crippen LogP contribution in [-0.4, -0.2) is 10.9 Å². The molecule has 32 heavy (non-hydrogen) atoms. The number of aromatic nitrogens is 1. The Labute approximate surface area is 194 Å². The van der Waals surface area contributed by atoms with Gasteiger partial charge >= 0.3 is 6.18 Å². The van der Waals surface area contributed by atoms with Gasteiger partial charge in [0.1, 0.15) is 0 Å². The summed E-state index contributed by atoms with van der Waals surface area (Å²) in [7, 11) is 0. The number of anilines is 1. The molecule has 2 aromatic rings. The first-order valence-electron chi connectivity index (χ1n) is 10.9. The van der Waals surface area contributed by atoms with Gasteiger partial charge in [-0.05, 0) is 37.8 Å². The molecule has 178 valence electrons. The van der Waals surface area contributed by atoms with E-state index in [2.05, 4.69) is 29.9 Å². The van der Waals surface area contributed by atoms with Crippen LogP contribution in [0.1, 0.15) is 80.7 Å². The number of halogens is 3. The van der Waals surface area contributed by atoms with Gasteiger partial charge in [0.15, 0.2) is 0 Å². The number of hydrogen-bond acceptors (Lipinski definition) is 3. The Kier molecular flexibility index (Phi) is 14.2. The van der Waals surface area contributed by atoms with Crippen LogP contribution in [0.4, 0.5) is 18.9 Å². The number of amides is 1. The molecule has 2 aromatic heterocycles. The van der Waals surface area contributed by atoms with E-state index in [-0.39, 0.29) is 5.69 Å². The molecular formula is C25H35F3N2OS. The van der Waals surface area contributed by atoms with Crippen LogP contribution in [0.2, 0.25) is 0 Å². The maximum Gasteiger partial charge on any atom is 0.417 e. The molecule has 2 rings (SSSR count). The normalized spacial score (nSPS) is 11.0. The number of hydrogen-bond donors (Lipinski definition) is 1. The molecule has 0 aromatic carbocycles. The van der Waals surface area contributed by atoms with Crippen LogP contribution in [0.25, 0.3) is 0 Å². The maximum atomic E-state index is 12.7. The lowest BCUT2D eigenvalue weighted by atomic mass is 10.0. The molecule has 0 aliphatic heterocycles. The van der Waals surface area contributed by atoms with Crippen molar-refractivity contribution in [3.63, 3.8) is 0 Å². The lowest BCUT2D eigenvalue weighted by Gasteiger charge is -2.10. The van der Waals surface area contributed by atoms with Crippen molar-refractivity contribution in [2.75, 3.05) is 5.32 Å². The molecule has 1 amide bonds. The molecule has 3 nitrogen and oxygen atoms in total. The highest BCUT2D eigenvalue weighted by atomic mass is 32.1. The zero-order chi connectivity index (χ0) is 24.7. The maximum absolute atomic E-state index is 12.7. The molecule has 0 aliphatic carbocycles. The quantitative estimate of drug-likeness (QED) is 0.414. The van der Waals surface area contributed by atoms with Crippen LogP contribution >= 0.6 is 11.3 Å². The number of thiophene rings is 1. The standard InChI is InChI=1S/C16H17F3N2OS.C7H12.C2H6/c1-3-5-12-13(9-23-14(12)4-2)15(22)21-11-6-10(7-20-8-11)16(17,18)19;1-4-7(5-2)6-3;1-2/h6-9H,3-5H2,1-2H3,(H,21,22);4-5H,1,6H2,2-3H3;1-2H3/b;7-5+;. The van der Waals surface area contributed by atoms with E-state index in [1.165, 1.54) is 23.1 Å². The van der Waals surface area contributed by atoms with Crippen molar-refractivity contribution in [3.05, 3.63) is 69.7 Å². The SMILES string of the molecule is C=C/C(=C\C)CC.CC.CCCc1c(C(=O)Nc2cncc(C(F)(F)F)c2)csc1CC. The van der Waals surface area contributed by atoms with Gasteiger partial charge in [0, 0.05) is 16.5 Å². The largest absolute Gasteiger partial charge is 0.417 e. The Morgan fingerprint density at radius 3 is 2.31 bits per heavy atom. The summed E-state index contributed by atoms with van der Waals surface area (Å²) in [5.74, 6) is -0.398. The average Bonchev–Trinajstić information content (AvgIpc) is 3.19. The molecule has 2 heterocycles. The van der Waals surface area contributed by atoms with Gasteiger partial charge in [0.2, 0.25) is 0 Å². The third-order valence-electron chi connectivity index (χ3n) is 4.41. The minimum absolute atomic E-state index is 0.0384. The molecule has 0 radical (unpaired) electrons. The van der Waals surface area contributed by atoms with Crippen LogP contribution in [0.5, 0.6) is 0 Å². The number of aryl methyl sites for hydroxylation is 1. The summed E-state index contributed by atoms with van der Waals surface area (Å²) in [4.78, 5) is 17.1. The summed E-state index contributed by atoms with van der Waals surface area (Å²) in [6, 6.07) is 0.886. The van der Waals surface area contributed by atoms with Crippen molar-refractivity contribution >= 4 is 22.9 Å². The first-order valence-corrected chi connectivity index (χ1v) is 11.8. The minimum atomic E-state index is -4.49. The van der Waals surface area contributed by atoms with E-state index in [0.29, 0.717) is 5.56 Å². The number of allylic oxidation sites excluding steroid dienone is 3. The number of carbonyl (C=O) groups is 1. The van der Waals surface area contributed by atoms with Gasteiger partial charge in [-0.25, -0.2) is 0 Å². The predicted octanol–water partition coefficient (Wildman–Crippen LogP) is 8.48. The van der Waals surface area contributed by atoms with Crippen LogP contribution in [0.3, 0.4) is 0 Å². The van der Waals surface area contributed by atoms with E-state index in [1.807, 2.05) is 40.7 Å². The van der Waals surface area contributed by atoms with E-state index >= 15 is 0 Å². The Morgan fingerprint density at radius 2 is 1.88 bits per heavy atom. The molecule has 0 atom stereocenters. The second kappa shape index (κ2) is 15.4. The zero-order valence-corrected chi connectivity index (χ0v) is 20.7. The first kappa shape index (κ1) is 29.6. The summed E-state index contributed by atoms with van der Waals surface area (Å²) in [5.41, 5.74) is 1.99. The fourth-order valence-electron chi connectivity index (χ4n) is 2.76. The van der Waals surface area contributed by atoms with Crippen LogP contribution < -0.4 is 5.32 Å². The number of carbonyl (C=O) groups excluding carboxylic acids is 1. The van der Waals surface area contributed by atoms with Gasteiger partial charge in [0.25, 0.3) is 5.91 Å². The molecule has 0 bridgehead atoms. The monoisotopic (exact) mass is 468 g/mol. The molecular weight excluding hydrogens is 433 g/mol. The van der Waals surface area contributed by atoms with Crippen molar-refractivity contribution in [1.82, 2.24) is 4.98 Å². The Bertz CT molecular complexity index is 870. The Morgan fingerprint density at radius 1 is 1.22 bits per heavy atom. The lowest BCUT2D eigenvalue weighted by molar-refractivity contribution is -0.137. The third kappa shape index (κ3) is 9.39. The van der Waals surface area contributed by atoms with Crippen molar-refractivity contribution in [2.24, 2.45) is 0 Å². The average molecular weight is 469 g/mol. The molecule has 1 N–H and O–H groups in total.